The molecular formula is C16H16FN3. The number of nitrogens with zero attached hydrogens (tertiary/aromatic N) is 2. The van der Waals surface area contributed by atoms with Crippen LogP contribution in [-0.2, 0) is 7.05 Å². The van der Waals surface area contributed by atoms with Crippen molar-refractivity contribution in [3.8, 4) is 0 Å². The van der Waals surface area contributed by atoms with E-state index in [9.17, 15) is 4.39 Å². The molecule has 0 amide bonds. The largest absolute Gasteiger partial charge is 0.330 e. The molecule has 0 aliphatic heterocycles. The van der Waals surface area contributed by atoms with Crippen molar-refractivity contribution in [1.29, 1.82) is 0 Å². The molecular weight excluding hydrogens is 253 g/mol. The van der Waals surface area contributed by atoms with E-state index < -0.39 is 0 Å². The van der Waals surface area contributed by atoms with Crippen LogP contribution in [0, 0.1) is 5.82 Å². The van der Waals surface area contributed by atoms with Crippen LogP contribution in [0.1, 0.15) is 17.3 Å². The Balaban J connectivity index is 2.18. The Kier molecular flexibility index (Phi) is 3.24. The molecule has 3 aromatic rings. The lowest BCUT2D eigenvalue weighted by Crippen LogP contribution is -2.17. The molecule has 1 aromatic heterocycles. The van der Waals surface area contributed by atoms with Gasteiger partial charge in [-0.3, -0.25) is 0 Å². The highest BCUT2D eigenvalue weighted by molar-refractivity contribution is 5.76. The van der Waals surface area contributed by atoms with Gasteiger partial charge in [0.15, 0.2) is 5.82 Å². The number of hydrogen-bond donors (Lipinski definition) is 1. The van der Waals surface area contributed by atoms with Crippen molar-refractivity contribution >= 4 is 11.0 Å². The molecule has 3 rings (SSSR count). The summed E-state index contributed by atoms with van der Waals surface area (Å²) in [6, 6.07) is 14.9. The molecule has 2 N–H and O–H groups in total. The smallest absolute Gasteiger partial charge is 0.151 e. The lowest BCUT2D eigenvalue weighted by molar-refractivity contribution is 0.636. The summed E-state index contributed by atoms with van der Waals surface area (Å²) >= 11 is 0. The average molecular weight is 269 g/mol. The van der Waals surface area contributed by atoms with Crippen molar-refractivity contribution < 1.29 is 4.39 Å². The van der Waals surface area contributed by atoms with Crippen molar-refractivity contribution in [2.45, 2.75) is 5.92 Å². The van der Waals surface area contributed by atoms with Gasteiger partial charge in [0, 0.05) is 13.6 Å². The summed E-state index contributed by atoms with van der Waals surface area (Å²) < 4.78 is 15.8. The van der Waals surface area contributed by atoms with Crippen LogP contribution in [0.3, 0.4) is 0 Å². The number of aryl methyl sites for hydroxylation is 1. The monoisotopic (exact) mass is 269 g/mol. The van der Waals surface area contributed by atoms with Crippen molar-refractivity contribution in [3.63, 3.8) is 0 Å². The van der Waals surface area contributed by atoms with Gasteiger partial charge in [0.05, 0.1) is 11.4 Å². The zero-order chi connectivity index (χ0) is 14.1. The lowest BCUT2D eigenvalue weighted by atomic mass is 9.98. The molecule has 2 aromatic carbocycles. The van der Waals surface area contributed by atoms with E-state index in [-0.39, 0.29) is 11.7 Å². The van der Waals surface area contributed by atoms with Gasteiger partial charge in [-0.15, -0.1) is 0 Å². The first kappa shape index (κ1) is 12.8. The second-order valence-corrected chi connectivity index (χ2v) is 4.84. The summed E-state index contributed by atoms with van der Waals surface area (Å²) in [7, 11) is 1.90. The van der Waals surface area contributed by atoms with Gasteiger partial charge in [0.1, 0.15) is 11.3 Å². The molecule has 0 bridgehead atoms. The van der Waals surface area contributed by atoms with Crippen LogP contribution in [-0.4, -0.2) is 16.1 Å². The molecule has 3 nitrogen and oxygen atoms in total. The van der Waals surface area contributed by atoms with Crippen molar-refractivity contribution in [2.24, 2.45) is 12.8 Å². The summed E-state index contributed by atoms with van der Waals surface area (Å²) in [6.45, 7) is 0.433. The third-order valence-electron chi connectivity index (χ3n) is 3.65. The van der Waals surface area contributed by atoms with Gasteiger partial charge >= 0.3 is 0 Å². The summed E-state index contributed by atoms with van der Waals surface area (Å²) in [6.07, 6.45) is 0. The fourth-order valence-corrected chi connectivity index (χ4v) is 2.59. The molecule has 0 saturated carbocycles. The lowest BCUT2D eigenvalue weighted by Gasteiger charge is -2.15. The Labute approximate surface area is 116 Å². The first-order valence-corrected chi connectivity index (χ1v) is 6.58. The van der Waals surface area contributed by atoms with E-state index in [1.54, 1.807) is 6.07 Å². The Hall–Kier alpha value is -2.20. The van der Waals surface area contributed by atoms with E-state index in [0.29, 0.717) is 12.1 Å². The van der Waals surface area contributed by atoms with E-state index in [2.05, 4.69) is 4.98 Å². The predicted molar refractivity (Wildman–Crippen MR) is 78.0 cm³/mol. The van der Waals surface area contributed by atoms with Gasteiger partial charge in [0.25, 0.3) is 0 Å². The van der Waals surface area contributed by atoms with Crippen LogP contribution >= 0.6 is 0 Å². The quantitative estimate of drug-likeness (QED) is 0.794. The highest BCUT2D eigenvalue weighted by Gasteiger charge is 2.20. The van der Waals surface area contributed by atoms with Crippen molar-refractivity contribution in [1.82, 2.24) is 9.55 Å². The third-order valence-corrected chi connectivity index (χ3v) is 3.65. The summed E-state index contributed by atoms with van der Waals surface area (Å²) in [5.41, 5.74) is 8.20. The molecule has 0 fully saturated rings. The summed E-state index contributed by atoms with van der Waals surface area (Å²) in [5, 5.41) is 0. The maximum Gasteiger partial charge on any atom is 0.151 e. The molecule has 1 atom stereocenters. The highest BCUT2D eigenvalue weighted by Crippen LogP contribution is 2.27. The van der Waals surface area contributed by atoms with Crippen LogP contribution in [0.5, 0.6) is 0 Å². The van der Waals surface area contributed by atoms with Gasteiger partial charge < -0.3 is 10.3 Å². The predicted octanol–water partition coefficient (Wildman–Crippen LogP) is 2.80. The average Bonchev–Trinajstić information content (AvgIpc) is 2.81. The number of rotatable bonds is 3. The Morgan fingerprint density at radius 2 is 1.90 bits per heavy atom. The number of aromatic nitrogens is 2. The molecule has 0 saturated heterocycles. The van der Waals surface area contributed by atoms with Crippen molar-refractivity contribution in [3.05, 3.63) is 65.7 Å². The molecule has 0 radical (unpaired) electrons. The molecule has 0 aliphatic carbocycles. The molecule has 0 aliphatic rings. The normalized spacial score (nSPS) is 12.8. The number of para-hydroxylation sites is 1. The minimum absolute atomic E-state index is 0.0343. The van der Waals surface area contributed by atoms with Gasteiger partial charge in [0.2, 0.25) is 0 Å². The van der Waals surface area contributed by atoms with E-state index >= 15 is 0 Å². The molecule has 20 heavy (non-hydrogen) atoms. The Bertz CT molecular complexity index is 734. The maximum atomic E-state index is 13.8. The highest BCUT2D eigenvalue weighted by atomic mass is 19.1. The van der Waals surface area contributed by atoms with Gasteiger partial charge in [-0.25, -0.2) is 9.37 Å². The van der Waals surface area contributed by atoms with Crippen LogP contribution in [0.2, 0.25) is 0 Å². The fourth-order valence-electron chi connectivity index (χ4n) is 2.59. The number of benzene rings is 2. The van der Waals surface area contributed by atoms with E-state index in [0.717, 1.165) is 16.9 Å². The van der Waals surface area contributed by atoms with E-state index in [1.165, 1.54) is 6.07 Å². The number of nitrogens with two attached hydrogens (primary N) is 1. The minimum Gasteiger partial charge on any atom is -0.330 e. The third kappa shape index (κ3) is 1.98. The standard InChI is InChI=1S/C16H16FN3/c1-20-14-9-5-8-13(17)15(14)19-16(20)12(10-18)11-6-3-2-4-7-11/h2-9,12H,10,18H2,1H3. The van der Waals surface area contributed by atoms with Crippen LogP contribution in [0.4, 0.5) is 4.39 Å². The fraction of sp³-hybridized carbons (Fsp3) is 0.188. The second-order valence-electron chi connectivity index (χ2n) is 4.84. The molecule has 1 heterocycles. The number of hydrogen-bond acceptors (Lipinski definition) is 2. The molecule has 0 spiro atoms. The molecule has 1 unspecified atom stereocenters. The first-order chi connectivity index (χ1) is 9.72. The first-order valence-electron chi connectivity index (χ1n) is 6.58. The van der Waals surface area contributed by atoms with Crippen LogP contribution < -0.4 is 5.73 Å². The second kappa shape index (κ2) is 5.06. The SMILES string of the molecule is Cn1c(C(CN)c2ccccc2)nc2c(F)cccc21. The summed E-state index contributed by atoms with van der Waals surface area (Å²) in [4.78, 5) is 4.47. The van der Waals surface area contributed by atoms with Gasteiger partial charge in [-0.1, -0.05) is 36.4 Å². The zero-order valence-corrected chi connectivity index (χ0v) is 11.3. The summed E-state index contributed by atoms with van der Waals surface area (Å²) in [5.74, 6) is 0.458. The minimum atomic E-state index is -0.298. The van der Waals surface area contributed by atoms with Crippen molar-refractivity contribution in [2.75, 3.05) is 6.54 Å². The Morgan fingerprint density at radius 3 is 2.55 bits per heavy atom. The van der Waals surface area contributed by atoms with Gasteiger partial charge in [-0.2, -0.15) is 0 Å². The number of fused-ring (bicyclic) bond motifs is 1. The maximum absolute atomic E-state index is 13.8. The van der Waals surface area contributed by atoms with Crippen LogP contribution in [0.15, 0.2) is 48.5 Å². The number of imidazole rings is 1. The molecule has 4 heteroatoms. The molecule has 102 valence electrons. The van der Waals surface area contributed by atoms with E-state index in [4.69, 9.17) is 5.73 Å². The Morgan fingerprint density at radius 1 is 1.15 bits per heavy atom. The van der Waals surface area contributed by atoms with Crippen LogP contribution in [0.25, 0.3) is 11.0 Å². The number of halogens is 1. The zero-order valence-electron chi connectivity index (χ0n) is 11.3. The van der Waals surface area contributed by atoms with Gasteiger partial charge in [-0.05, 0) is 17.7 Å². The topological polar surface area (TPSA) is 43.8 Å². The van der Waals surface area contributed by atoms with E-state index in [1.807, 2.05) is 48.0 Å².